The molecule has 0 saturated carbocycles. The highest BCUT2D eigenvalue weighted by molar-refractivity contribution is 5.85. The first-order valence-corrected chi connectivity index (χ1v) is 21.6. The first-order chi connectivity index (χ1) is 27.1. The zero-order valence-electron chi connectivity index (χ0n) is 35.7. The van der Waals surface area contributed by atoms with Gasteiger partial charge in [0.25, 0.3) is 0 Å². The molecule has 2 spiro atoms. The van der Waals surface area contributed by atoms with Gasteiger partial charge in [0.05, 0.1) is 61.5 Å². The molecule has 0 radical (unpaired) electrons. The fourth-order valence-corrected chi connectivity index (χ4v) is 11.1. The van der Waals surface area contributed by atoms with Gasteiger partial charge in [-0.1, -0.05) is 65.8 Å². The average Bonchev–Trinajstić information content (AvgIpc) is 3.99. The van der Waals surface area contributed by atoms with Gasteiger partial charge in [-0.3, -0.25) is 0 Å². The maximum absolute atomic E-state index is 11.7. The minimum Gasteiger partial charge on any atom is -0.497 e. The van der Waals surface area contributed by atoms with Gasteiger partial charge < -0.3 is 47.7 Å². The molecule has 11 nitrogen and oxygen atoms in total. The van der Waals surface area contributed by atoms with Crippen LogP contribution < -0.4 is 4.74 Å². The fraction of sp³-hybridized carbons (Fsp3) is 0.761. The molecule has 0 aliphatic carbocycles. The lowest BCUT2D eigenvalue weighted by atomic mass is 9.80. The smallest absolute Gasteiger partial charge is 0.330 e. The third-order valence-electron chi connectivity index (χ3n) is 14.5. The summed E-state index contributed by atoms with van der Waals surface area (Å²) in [4.78, 5) is 11.7. The topological polar surface area (TPSA) is 120 Å². The number of carboxylic acid groups (broad SMARTS) is 1. The highest BCUT2D eigenvalue weighted by atomic mass is 16.8. The lowest BCUT2D eigenvalue weighted by Crippen LogP contribution is -2.55. The Labute approximate surface area is 340 Å². The molecule has 0 aromatic heterocycles. The molecule has 57 heavy (non-hydrogen) atoms. The molecule has 0 amide bonds. The summed E-state index contributed by atoms with van der Waals surface area (Å²) in [5.74, 6) is -1.25. The molecule has 6 saturated heterocycles. The van der Waals surface area contributed by atoms with E-state index in [0.717, 1.165) is 49.8 Å². The summed E-state index contributed by atoms with van der Waals surface area (Å²) in [7, 11) is 1.66. The fourth-order valence-electron chi connectivity index (χ4n) is 11.1. The Morgan fingerprint density at radius 3 is 2.47 bits per heavy atom. The highest BCUT2D eigenvalue weighted by Crippen LogP contribution is 2.55. The molecule has 6 heterocycles. The summed E-state index contributed by atoms with van der Waals surface area (Å²) in [5, 5.41) is 9.61. The van der Waals surface area contributed by atoms with Gasteiger partial charge in [0, 0.05) is 41.7 Å². The van der Waals surface area contributed by atoms with Crippen LogP contribution in [-0.4, -0.2) is 90.8 Å². The lowest BCUT2D eigenvalue weighted by Gasteiger charge is -2.48. The molecular formula is C46H68O11. The maximum Gasteiger partial charge on any atom is 0.330 e. The number of ether oxygens (including phenoxy) is 9. The Bertz CT molecular complexity index is 1620. The van der Waals surface area contributed by atoms with E-state index < -0.39 is 35.0 Å². The van der Waals surface area contributed by atoms with E-state index in [1.54, 1.807) is 26.2 Å². The number of carboxylic acids is 1. The molecule has 1 N–H and O–H groups in total. The highest BCUT2D eigenvalue weighted by Gasteiger charge is 2.62. The van der Waals surface area contributed by atoms with Crippen LogP contribution in [0, 0.1) is 29.6 Å². The molecule has 318 valence electrons. The molecule has 6 fully saturated rings. The van der Waals surface area contributed by atoms with Gasteiger partial charge in [0.15, 0.2) is 17.9 Å². The van der Waals surface area contributed by atoms with Gasteiger partial charge in [-0.25, -0.2) is 4.79 Å². The van der Waals surface area contributed by atoms with E-state index in [-0.39, 0.29) is 66.2 Å². The third kappa shape index (κ3) is 8.13. The van der Waals surface area contributed by atoms with Gasteiger partial charge in [-0.15, -0.1) is 6.58 Å². The number of rotatable bonds is 12. The molecule has 0 bridgehead atoms. The number of carbonyl (C=O) groups is 1. The molecule has 1 aromatic carbocycles. The molecule has 6 aliphatic heterocycles. The first-order valence-electron chi connectivity index (χ1n) is 21.6. The van der Waals surface area contributed by atoms with Crippen LogP contribution >= 0.6 is 0 Å². The largest absolute Gasteiger partial charge is 0.497 e. The summed E-state index contributed by atoms with van der Waals surface area (Å²) in [5.41, 5.74) is 0.212. The quantitative estimate of drug-likeness (QED) is 0.162. The van der Waals surface area contributed by atoms with Gasteiger partial charge in [-0.05, 0) is 76.3 Å². The molecule has 11 heteroatoms. The number of benzene rings is 1. The van der Waals surface area contributed by atoms with Crippen LogP contribution in [0.5, 0.6) is 5.75 Å². The van der Waals surface area contributed by atoms with Crippen molar-refractivity contribution in [3.05, 3.63) is 54.1 Å². The standard InChI is InChI=1S/C46H68O11/c1-11-21-50-36-25-45(54-38(32(36)8)27(3)22-30(6)41(47)48)20-19-43(9,57-45)37-17-18-44(12-2,53-37)40-29(5)24-35(52-40)39-28(4)23-31(7)46(55-39)26-51-42(56-46)33-13-15-34(49-10)16-14-33/h11,13-16,22,27-29,31-32,35-40,42H,1,12,17-21,23-26H2,2-10H3,(H,47,48)/b30-22+/t27-,28-,29-,31+,32+,35-,36-,37+,38+,39-,40+,42+,43+,44-,45+,46+/m0/s1. The predicted octanol–water partition coefficient (Wildman–Crippen LogP) is 8.55. The second-order valence-corrected chi connectivity index (χ2v) is 18.6. The van der Waals surface area contributed by atoms with Crippen molar-refractivity contribution in [2.24, 2.45) is 29.6 Å². The Kier molecular flexibility index (Phi) is 12.5. The van der Waals surface area contributed by atoms with Gasteiger partial charge >= 0.3 is 5.97 Å². The maximum atomic E-state index is 11.7. The van der Waals surface area contributed by atoms with E-state index in [9.17, 15) is 9.90 Å². The molecule has 0 unspecified atom stereocenters. The third-order valence-corrected chi connectivity index (χ3v) is 14.5. The summed E-state index contributed by atoms with van der Waals surface area (Å²) in [6.45, 7) is 21.6. The minimum atomic E-state index is -0.926. The van der Waals surface area contributed by atoms with Crippen molar-refractivity contribution in [2.45, 2.75) is 172 Å². The van der Waals surface area contributed by atoms with Crippen molar-refractivity contribution in [3.8, 4) is 5.75 Å². The lowest BCUT2D eigenvalue weighted by molar-refractivity contribution is -0.333. The van der Waals surface area contributed by atoms with Gasteiger partial charge in [0.2, 0.25) is 0 Å². The second kappa shape index (κ2) is 16.6. The van der Waals surface area contributed by atoms with Crippen molar-refractivity contribution >= 4 is 5.97 Å². The first kappa shape index (κ1) is 42.8. The number of hydrogen-bond donors (Lipinski definition) is 1. The van der Waals surface area contributed by atoms with Gasteiger partial charge in [0.1, 0.15) is 12.4 Å². The second-order valence-electron chi connectivity index (χ2n) is 18.6. The summed E-state index contributed by atoms with van der Waals surface area (Å²) >= 11 is 0. The summed E-state index contributed by atoms with van der Waals surface area (Å²) in [6, 6.07) is 7.82. The van der Waals surface area contributed by atoms with Crippen LogP contribution in [0.2, 0.25) is 0 Å². The predicted molar refractivity (Wildman–Crippen MR) is 213 cm³/mol. The Hall–Kier alpha value is -2.35. The molecule has 6 aliphatic rings. The summed E-state index contributed by atoms with van der Waals surface area (Å²) < 4.78 is 60.1. The number of aliphatic carboxylic acids is 1. The van der Waals surface area contributed by atoms with E-state index in [4.69, 9.17) is 42.6 Å². The zero-order chi connectivity index (χ0) is 40.9. The number of hydrogen-bond acceptors (Lipinski definition) is 10. The molecule has 7 rings (SSSR count). The molecule has 1 aromatic rings. The minimum absolute atomic E-state index is 0.0277. The van der Waals surface area contributed by atoms with Crippen LogP contribution in [-0.2, 0) is 42.7 Å². The van der Waals surface area contributed by atoms with E-state index in [1.807, 2.05) is 31.2 Å². The van der Waals surface area contributed by atoms with E-state index >= 15 is 0 Å². The number of methoxy groups -OCH3 is 1. The van der Waals surface area contributed by atoms with Crippen molar-refractivity contribution in [3.63, 3.8) is 0 Å². The molecular weight excluding hydrogens is 728 g/mol. The monoisotopic (exact) mass is 796 g/mol. The van der Waals surface area contributed by atoms with Crippen molar-refractivity contribution in [1.29, 1.82) is 0 Å². The van der Waals surface area contributed by atoms with Crippen LogP contribution in [0.3, 0.4) is 0 Å². The van der Waals surface area contributed by atoms with Crippen molar-refractivity contribution in [1.82, 2.24) is 0 Å². The zero-order valence-corrected chi connectivity index (χ0v) is 35.7. The van der Waals surface area contributed by atoms with Crippen LogP contribution in [0.4, 0.5) is 0 Å². The summed E-state index contributed by atoms with van der Waals surface area (Å²) in [6.07, 6.45) is 8.66. The van der Waals surface area contributed by atoms with E-state index in [0.29, 0.717) is 31.6 Å². The van der Waals surface area contributed by atoms with Crippen LogP contribution in [0.15, 0.2) is 48.6 Å². The van der Waals surface area contributed by atoms with Crippen LogP contribution in [0.25, 0.3) is 0 Å². The van der Waals surface area contributed by atoms with Crippen LogP contribution in [0.1, 0.15) is 119 Å². The van der Waals surface area contributed by atoms with Crippen molar-refractivity contribution < 1.29 is 52.5 Å². The average molecular weight is 797 g/mol. The Morgan fingerprint density at radius 1 is 1.04 bits per heavy atom. The van der Waals surface area contributed by atoms with E-state index in [2.05, 4.69) is 48.1 Å². The Balaban J connectivity index is 1.03. The van der Waals surface area contributed by atoms with Crippen molar-refractivity contribution in [2.75, 3.05) is 20.3 Å². The van der Waals surface area contributed by atoms with Gasteiger partial charge in [-0.2, -0.15) is 0 Å². The van der Waals surface area contributed by atoms with E-state index in [1.165, 1.54) is 0 Å². The molecule has 16 atom stereocenters. The SMILES string of the molecule is C=CCO[C@H]1C[C@]2(CC[C@](C)([C@H]3CC[C@@](CC)([C@@H]4O[C@H]([C@H]5O[C@@]6(CO[C@@H](c7ccc(OC)cc7)O6)[C@H](C)C[C@@H]5C)C[C@@H]4C)O3)O2)O[C@H]([C@@H](C)/C=C(\C)C(=O)O)[C@@H]1C. The normalized spacial score (nSPS) is 45.5. The Morgan fingerprint density at radius 2 is 1.79 bits per heavy atom.